The first-order valence-electron chi connectivity index (χ1n) is 5.84. The van der Waals surface area contributed by atoms with Crippen LogP contribution in [0.5, 0.6) is 0 Å². The molecule has 0 unspecified atom stereocenters. The van der Waals surface area contributed by atoms with Crippen molar-refractivity contribution < 1.29 is 4.42 Å². The van der Waals surface area contributed by atoms with Crippen LogP contribution < -0.4 is 5.32 Å². The second kappa shape index (κ2) is 5.33. The van der Waals surface area contributed by atoms with E-state index in [9.17, 15) is 0 Å². The summed E-state index contributed by atoms with van der Waals surface area (Å²) in [5.41, 5.74) is 0. The second-order valence-corrected chi connectivity index (χ2v) is 4.26. The van der Waals surface area contributed by atoms with Gasteiger partial charge < -0.3 is 14.6 Å². The second-order valence-electron chi connectivity index (χ2n) is 4.26. The van der Waals surface area contributed by atoms with Gasteiger partial charge in [0.1, 0.15) is 5.76 Å². The zero-order valence-electron chi connectivity index (χ0n) is 9.41. The molecular formula is C12H20N2O. The summed E-state index contributed by atoms with van der Waals surface area (Å²) in [6.07, 6.45) is 3.06. The predicted octanol–water partition coefficient (Wildman–Crippen LogP) is 1.71. The smallest absolute Gasteiger partial charge is 0.117 e. The summed E-state index contributed by atoms with van der Waals surface area (Å²) in [4.78, 5) is 2.51. The van der Waals surface area contributed by atoms with Crippen LogP contribution in [0.4, 0.5) is 0 Å². The van der Waals surface area contributed by atoms with Gasteiger partial charge in [-0.1, -0.05) is 6.92 Å². The maximum Gasteiger partial charge on any atom is 0.117 e. The van der Waals surface area contributed by atoms with E-state index in [1.807, 2.05) is 12.1 Å². The van der Waals surface area contributed by atoms with Gasteiger partial charge in [-0.15, -0.1) is 0 Å². The third-order valence-corrected chi connectivity index (χ3v) is 3.13. The molecule has 2 heterocycles. The molecule has 1 saturated heterocycles. The van der Waals surface area contributed by atoms with Gasteiger partial charge in [0, 0.05) is 6.54 Å². The summed E-state index contributed by atoms with van der Waals surface area (Å²) in [5, 5.41) is 3.45. The van der Waals surface area contributed by atoms with Crippen LogP contribution in [-0.4, -0.2) is 31.1 Å². The molecule has 1 fully saturated rings. The highest BCUT2D eigenvalue weighted by Gasteiger charge is 2.20. The Morgan fingerprint density at radius 3 is 3.20 bits per heavy atom. The zero-order valence-corrected chi connectivity index (χ0v) is 9.41. The molecule has 3 nitrogen and oxygen atoms in total. The van der Waals surface area contributed by atoms with Crippen molar-refractivity contribution in [3.8, 4) is 0 Å². The number of nitrogens with zero attached hydrogens (tertiary/aromatic N) is 1. The molecule has 0 bridgehead atoms. The Hall–Kier alpha value is -0.800. The third-order valence-electron chi connectivity index (χ3n) is 3.13. The molecule has 15 heavy (non-hydrogen) atoms. The largest absolute Gasteiger partial charge is 0.468 e. The predicted molar refractivity (Wildman–Crippen MR) is 60.6 cm³/mol. The van der Waals surface area contributed by atoms with E-state index in [1.165, 1.54) is 26.1 Å². The molecule has 3 heteroatoms. The number of hydrogen-bond donors (Lipinski definition) is 1. The Bertz CT molecular complexity index is 271. The van der Waals surface area contributed by atoms with Gasteiger partial charge in [-0.05, 0) is 44.1 Å². The molecule has 0 aliphatic carbocycles. The maximum atomic E-state index is 5.27. The molecule has 84 valence electrons. The lowest BCUT2D eigenvalue weighted by Crippen LogP contribution is -2.26. The quantitative estimate of drug-likeness (QED) is 0.798. The highest BCUT2D eigenvalue weighted by molar-refractivity contribution is 4.97. The van der Waals surface area contributed by atoms with Crippen molar-refractivity contribution in [3.05, 3.63) is 24.2 Å². The lowest BCUT2D eigenvalue weighted by molar-refractivity contribution is 0.337. The number of rotatable bonds is 5. The van der Waals surface area contributed by atoms with E-state index in [0.29, 0.717) is 0 Å². The van der Waals surface area contributed by atoms with E-state index in [0.717, 1.165) is 24.8 Å². The Morgan fingerprint density at radius 2 is 2.53 bits per heavy atom. The van der Waals surface area contributed by atoms with Crippen LogP contribution in [0, 0.1) is 5.92 Å². The molecule has 2 rings (SSSR count). The van der Waals surface area contributed by atoms with Gasteiger partial charge in [-0.25, -0.2) is 0 Å². The third kappa shape index (κ3) is 3.08. The molecule has 0 amide bonds. The first-order valence-corrected chi connectivity index (χ1v) is 5.84. The standard InChI is InChI=1S/C12H20N2O/c1-2-14-6-5-11(10-14)8-13-9-12-4-3-7-15-12/h3-4,7,11,13H,2,5-6,8-10H2,1H3/t11-/m1/s1. The summed E-state index contributed by atoms with van der Waals surface area (Å²) in [7, 11) is 0. The molecule has 0 spiro atoms. The Balaban J connectivity index is 1.63. The molecule has 1 N–H and O–H groups in total. The van der Waals surface area contributed by atoms with Gasteiger partial charge in [0.15, 0.2) is 0 Å². The molecule has 1 aliphatic heterocycles. The highest BCUT2D eigenvalue weighted by atomic mass is 16.3. The van der Waals surface area contributed by atoms with E-state index in [1.54, 1.807) is 6.26 Å². The average Bonchev–Trinajstić information content (AvgIpc) is 2.88. The Morgan fingerprint density at radius 1 is 1.60 bits per heavy atom. The SMILES string of the molecule is CCN1CC[C@H](CNCc2ccco2)C1. The van der Waals surface area contributed by atoms with Crippen molar-refractivity contribution in [2.75, 3.05) is 26.2 Å². The molecule has 0 aromatic carbocycles. The number of furan rings is 1. The molecule has 0 saturated carbocycles. The molecule has 1 aromatic heterocycles. The van der Waals surface area contributed by atoms with Crippen LogP contribution in [0.15, 0.2) is 22.8 Å². The summed E-state index contributed by atoms with van der Waals surface area (Å²) in [6.45, 7) is 7.91. The summed E-state index contributed by atoms with van der Waals surface area (Å²) >= 11 is 0. The lowest BCUT2D eigenvalue weighted by Gasteiger charge is -2.13. The first kappa shape index (κ1) is 10.7. The van der Waals surface area contributed by atoms with Crippen LogP contribution >= 0.6 is 0 Å². The maximum absolute atomic E-state index is 5.27. The topological polar surface area (TPSA) is 28.4 Å². The van der Waals surface area contributed by atoms with Crippen LogP contribution in [0.3, 0.4) is 0 Å². The fourth-order valence-corrected chi connectivity index (χ4v) is 2.18. The molecule has 1 aliphatic rings. The fraction of sp³-hybridized carbons (Fsp3) is 0.667. The average molecular weight is 208 g/mol. The van der Waals surface area contributed by atoms with Crippen LogP contribution in [0.25, 0.3) is 0 Å². The molecule has 1 aromatic rings. The van der Waals surface area contributed by atoms with Crippen molar-refractivity contribution in [1.82, 2.24) is 10.2 Å². The minimum absolute atomic E-state index is 0.819. The Labute approximate surface area is 91.4 Å². The minimum Gasteiger partial charge on any atom is -0.468 e. The molecular weight excluding hydrogens is 188 g/mol. The summed E-state index contributed by atoms with van der Waals surface area (Å²) < 4.78 is 5.27. The first-order chi connectivity index (χ1) is 7.38. The van der Waals surface area contributed by atoms with Gasteiger partial charge in [0.2, 0.25) is 0 Å². The Kier molecular flexibility index (Phi) is 3.80. The van der Waals surface area contributed by atoms with Crippen molar-refractivity contribution in [2.45, 2.75) is 19.9 Å². The van der Waals surface area contributed by atoms with Crippen LogP contribution in [-0.2, 0) is 6.54 Å². The highest BCUT2D eigenvalue weighted by Crippen LogP contribution is 2.14. The van der Waals surface area contributed by atoms with Gasteiger partial charge in [0.05, 0.1) is 12.8 Å². The minimum atomic E-state index is 0.819. The number of hydrogen-bond acceptors (Lipinski definition) is 3. The van der Waals surface area contributed by atoms with Crippen molar-refractivity contribution in [1.29, 1.82) is 0 Å². The van der Waals surface area contributed by atoms with Gasteiger partial charge in [-0.3, -0.25) is 0 Å². The van der Waals surface area contributed by atoms with Crippen LogP contribution in [0.1, 0.15) is 19.1 Å². The van der Waals surface area contributed by atoms with Gasteiger partial charge in [0.25, 0.3) is 0 Å². The fourth-order valence-electron chi connectivity index (χ4n) is 2.18. The van der Waals surface area contributed by atoms with Gasteiger partial charge >= 0.3 is 0 Å². The van der Waals surface area contributed by atoms with E-state index in [2.05, 4.69) is 17.1 Å². The van der Waals surface area contributed by atoms with E-state index in [4.69, 9.17) is 4.42 Å². The number of nitrogens with one attached hydrogen (secondary N) is 1. The normalized spacial score (nSPS) is 22.3. The number of likely N-dealkylation sites (tertiary alicyclic amines) is 1. The molecule has 0 radical (unpaired) electrons. The van der Waals surface area contributed by atoms with Gasteiger partial charge in [-0.2, -0.15) is 0 Å². The van der Waals surface area contributed by atoms with E-state index < -0.39 is 0 Å². The summed E-state index contributed by atoms with van der Waals surface area (Å²) in [5.74, 6) is 1.85. The zero-order chi connectivity index (χ0) is 10.5. The van der Waals surface area contributed by atoms with Crippen molar-refractivity contribution >= 4 is 0 Å². The monoisotopic (exact) mass is 208 g/mol. The van der Waals surface area contributed by atoms with Crippen molar-refractivity contribution in [2.24, 2.45) is 5.92 Å². The van der Waals surface area contributed by atoms with E-state index >= 15 is 0 Å². The molecule has 1 atom stereocenters. The van der Waals surface area contributed by atoms with Crippen molar-refractivity contribution in [3.63, 3.8) is 0 Å². The van der Waals surface area contributed by atoms with Crippen LogP contribution in [0.2, 0.25) is 0 Å². The van der Waals surface area contributed by atoms with E-state index in [-0.39, 0.29) is 0 Å². The lowest BCUT2D eigenvalue weighted by atomic mass is 10.1. The summed E-state index contributed by atoms with van der Waals surface area (Å²) in [6, 6.07) is 3.95.